The van der Waals surface area contributed by atoms with Crippen molar-refractivity contribution in [3.63, 3.8) is 0 Å². The predicted molar refractivity (Wildman–Crippen MR) is 124 cm³/mol. The number of halogens is 10. The van der Waals surface area contributed by atoms with Crippen LogP contribution < -0.4 is 4.74 Å². The Kier molecular flexibility index (Phi) is 8.02. The summed E-state index contributed by atoms with van der Waals surface area (Å²) < 4.78 is 145. The summed E-state index contributed by atoms with van der Waals surface area (Å²) in [7, 11) is 0. The summed E-state index contributed by atoms with van der Waals surface area (Å²) in [5.41, 5.74) is -5.31. The maximum atomic E-state index is 15.0. The van der Waals surface area contributed by atoms with Crippen LogP contribution in [0.3, 0.4) is 0 Å². The van der Waals surface area contributed by atoms with Crippen LogP contribution in [0.25, 0.3) is 0 Å². The van der Waals surface area contributed by atoms with Crippen molar-refractivity contribution in [3.05, 3.63) is 76.2 Å². The van der Waals surface area contributed by atoms with Crippen LogP contribution in [-0.2, 0) is 6.18 Å². The first-order chi connectivity index (χ1) is 18.1. The van der Waals surface area contributed by atoms with Crippen molar-refractivity contribution in [3.8, 4) is 5.75 Å². The zero-order valence-electron chi connectivity index (χ0n) is 21.0. The largest absolute Gasteiger partial charge is 0.432 e. The van der Waals surface area contributed by atoms with Gasteiger partial charge >= 0.3 is 12.3 Å². The lowest BCUT2D eigenvalue weighted by molar-refractivity contribution is -0.146. The fraction of sp³-hybridized carbons (Fsp3) is 0.500. The highest BCUT2D eigenvalue weighted by atomic mass is 19.4. The van der Waals surface area contributed by atoms with Crippen LogP contribution >= 0.6 is 0 Å². The van der Waals surface area contributed by atoms with Crippen molar-refractivity contribution < 1.29 is 48.6 Å². The molecule has 3 aliphatic rings. The predicted octanol–water partition coefficient (Wildman–Crippen LogP) is 9.84. The lowest BCUT2D eigenvalue weighted by Gasteiger charge is -2.35. The van der Waals surface area contributed by atoms with E-state index in [1.165, 1.54) is 6.08 Å². The third kappa shape index (κ3) is 5.91. The molecule has 3 aliphatic carbocycles. The van der Waals surface area contributed by atoms with Gasteiger partial charge in [0.05, 0.1) is 5.83 Å². The van der Waals surface area contributed by atoms with Gasteiger partial charge in [0, 0.05) is 24.0 Å². The van der Waals surface area contributed by atoms with E-state index in [1.54, 1.807) is 0 Å². The van der Waals surface area contributed by atoms with Crippen LogP contribution in [0.1, 0.15) is 50.2 Å². The van der Waals surface area contributed by atoms with E-state index in [0.29, 0.717) is 25.3 Å². The number of benzene rings is 1. The Labute approximate surface area is 218 Å². The van der Waals surface area contributed by atoms with Gasteiger partial charge < -0.3 is 4.74 Å². The fourth-order valence-electron chi connectivity index (χ4n) is 5.59. The SMILES string of the molecule is Cc1c(OC(F)(F)C2=C(F)CC(C3CCC(C4C=CC(C)CC4)C=C3F)C=C2F)cc(F)c(C(F)(F)F)c1F. The molecule has 0 fully saturated rings. The summed E-state index contributed by atoms with van der Waals surface area (Å²) in [5.74, 6) is -11.3. The molecule has 4 rings (SSSR count). The molecule has 0 spiro atoms. The zero-order chi connectivity index (χ0) is 28.9. The van der Waals surface area contributed by atoms with E-state index in [9.17, 15) is 39.5 Å². The van der Waals surface area contributed by atoms with E-state index in [0.717, 1.165) is 12.8 Å². The van der Waals surface area contributed by atoms with E-state index in [4.69, 9.17) is 0 Å². The average molecular weight is 568 g/mol. The molecule has 0 saturated heterocycles. The van der Waals surface area contributed by atoms with Gasteiger partial charge in [0.25, 0.3) is 0 Å². The monoisotopic (exact) mass is 568 g/mol. The standard InChI is InChI=1S/C28H26F10O/c1-13-3-5-15(6-4-13)16-7-8-18(19(29)9-16)17-10-20(30)24(21(31)11-17)28(37,38)39-23-12-22(32)25(27(34,35)36)26(33)14(23)2/h3,5,9-10,12-13,15-18H,4,6-8,11H2,1-2H3. The third-order valence-corrected chi connectivity index (χ3v) is 7.76. The number of ether oxygens (including phenoxy) is 1. The number of hydrogen-bond donors (Lipinski definition) is 0. The zero-order valence-corrected chi connectivity index (χ0v) is 21.0. The summed E-state index contributed by atoms with van der Waals surface area (Å²) in [6.07, 6.45) is -2.20. The third-order valence-electron chi connectivity index (χ3n) is 7.76. The van der Waals surface area contributed by atoms with Crippen LogP contribution in [0.15, 0.2) is 53.4 Å². The molecule has 0 bridgehead atoms. The molecule has 0 heterocycles. The summed E-state index contributed by atoms with van der Waals surface area (Å²) in [5, 5.41) is 0. The van der Waals surface area contributed by atoms with E-state index in [-0.39, 0.29) is 24.3 Å². The summed E-state index contributed by atoms with van der Waals surface area (Å²) in [6, 6.07) is -0.123. The molecular formula is C28H26F10O. The summed E-state index contributed by atoms with van der Waals surface area (Å²) >= 11 is 0. The second-order valence-electron chi connectivity index (χ2n) is 10.5. The second kappa shape index (κ2) is 10.7. The first kappa shape index (κ1) is 29.3. The molecule has 5 atom stereocenters. The molecule has 11 heteroatoms. The van der Waals surface area contributed by atoms with E-state index in [1.807, 2.05) is 0 Å². The van der Waals surface area contributed by atoms with Crippen LogP contribution in [-0.4, -0.2) is 6.11 Å². The fourth-order valence-corrected chi connectivity index (χ4v) is 5.59. The maximum Gasteiger partial charge on any atom is 0.432 e. The average Bonchev–Trinajstić information content (AvgIpc) is 2.81. The lowest BCUT2D eigenvalue weighted by atomic mass is 9.71. The van der Waals surface area contributed by atoms with Crippen LogP contribution in [0.2, 0.25) is 0 Å². The molecule has 39 heavy (non-hydrogen) atoms. The van der Waals surface area contributed by atoms with E-state index < -0.39 is 82.1 Å². The molecule has 0 saturated carbocycles. The number of rotatable bonds is 5. The van der Waals surface area contributed by atoms with Crippen molar-refractivity contribution in [2.45, 2.75) is 58.2 Å². The summed E-state index contributed by atoms with van der Waals surface area (Å²) in [6.45, 7) is 2.70. The Balaban J connectivity index is 1.53. The van der Waals surface area contributed by atoms with Gasteiger partial charge in [-0.1, -0.05) is 19.1 Å². The van der Waals surface area contributed by atoms with E-state index >= 15 is 4.39 Å². The molecule has 1 nitrogen and oxygen atoms in total. The van der Waals surface area contributed by atoms with Gasteiger partial charge in [0.15, 0.2) is 0 Å². The molecule has 1 aromatic carbocycles. The Hall–Kier alpha value is -2.72. The smallest absolute Gasteiger partial charge is 0.428 e. The van der Waals surface area contributed by atoms with Crippen LogP contribution in [0.4, 0.5) is 43.9 Å². The number of hydrogen-bond acceptors (Lipinski definition) is 1. The first-order valence-electron chi connectivity index (χ1n) is 12.5. The van der Waals surface area contributed by atoms with Gasteiger partial charge in [0.2, 0.25) is 0 Å². The van der Waals surface area contributed by atoms with Crippen molar-refractivity contribution >= 4 is 0 Å². The topological polar surface area (TPSA) is 9.23 Å². The Morgan fingerprint density at radius 3 is 2.05 bits per heavy atom. The summed E-state index contributed by atoms with van der Waals surface area (Å²) in [4.78, 5) is 0. The minimum Gasteiger partial charge on any atom is -0.428 e. The normalized spacial score (nSPS) is 28.4. The molecule has 214 valence electrons. The number of alkyl halides is 5. The van der Waals surface area contributed by atoms with Gasteiger partial charge in [-0.2, -0.15) is 22.0 Å². The van der Waals surface area contributed by atoms with Gasteiger partial charge in [-0.05, 0) is 68.4 Å². The molecule has 0 amide bonds. The Morgan fingerprint density at radius 1 is 0.821 bits per heavy atom. The molecule has 0 radical (unpaired) electrons. The van der Waals surface area contributed by atoms with Gasteiger partial charge in [-0.25, -0.2) is 22.0 Å². The van der Waals surface area contributed by atoms with E-state index in [2.05, 4.69) is 23.8 Å². The Bertz CT molecular complexity index is 1240. The minimum absolute atomic E-state index is 0.0798. The van der Waals surface area contributed by atoms with Crippen molar-refractivity contribution in [1.82, 2.24) is 0 Å². The molecule has 0 aromatic heterocycles. The Morgan fingerprint density at radius 2 is 1.49 bits per heavy atom. The first-order valence-corrected chi connectivity index (χ1v) is 12.5. The van der Waals surface area contributed by atoms with Crippen LogP contribution in [0.5, 0.6) is 5.75 Å². The number of allylic oxidation sites excluding steroid dienone is 6. The molecular weight excluding hydrogens is 542 g/mol. The molecule has 0 N–H and O–H groups in total. The lowest BCUT2D eigenvalue weighted by Crippen LogP contribution is -2.32. The van der Waals surface area contributed by atoms with Crippen molar-refractivity contribution in [2.75, 3.05) is 0 Å². The highest BCUT2D eigenvalue weighted by Gasteiger charge is 2.48. The highest BCUT2D eigenvalue weighted by Crippen LogP contribution is 2.48. The van der Waals surface area contributed by atoms with Crippen molar-refractivity contribution in [2.24, 2.45) is 29.6 Å². The second-order valence-corrected chi connectivity index (χ2v) is 10.5. The van der Waals surface area contributed by atoms with Crippen molar-refractivity contribution in [1.29, 1.82) is 0 Å². The minimum atomic E-state index is -5.46. The van der Waals surface area contributed by atoms with Crippen LogP contribution in [0, 0.1) is 48.1 Å². The molecule has 5 unspecified atom stereocenters. The van der Waals surface area contributed by atoms with Gasteiger partial charge in [-0.3, -0.25) is 0 Å². The van der Waals surface area contributed by atoms with Gasteiger partial charge in [-0.15, -0.1) is 0 Å². The van der Waals surface area contributed by atoms with Gasteiger partial charge in [0.1, 0.15) is 40.2 Å². The highest BCUT2D eigenvalue weighted by molar-refractivity contribution is 5.43. The quantitative estimate of drug-likeness (QED) is 0.254. The maximum absolute atomic E-state index is 15.0. The molecule has 1 aromatic rings. The molecule has 0 aliphatic heterocycles.